The highest BCUT2D eigenvalue weighted by Gasteiger charge is 2.67. The summed E-state index contributed by atoms with van der Waals surface area (Å²) >= 11 is 0. The minimum absolute atomic E-state index is 0.0864. The number of rotatable bonds is 14. The number of amides is 2. The highest BCUT2D eigenvalue weighted by molar-refractivity contribution is 5.77. The molecule has 332 valence electrons. The van der Waals surface area contributed by atoms with Crippen molar-refractivity contribution in [3.05, 3.63) is 57.6 Å². The van der Waals surface area contributed by atoms with Crippen molar-refractivity contribution in [1.82, 2.24) is 0 Å². The van der Waals surface area contributed by atoms with E-state index in [2.05, 4.69) is 0 Å². The fourth-order valence-corrected chi connectivity index (χ4v) is 9.11. The lowest BCUT2D eigenvalue weighted by molar-refractivity contribution is -0.376. The molecule has 3 atom stereocenters. The molecule has 1 spiro atoms. The number of carbonyl (C=O) groups is 2. The van der Waals surface area contributed by atoms with Gasteiger partial charge < -0.3 is 52.1 Å². The van der Waals surface area contributed by atoms with Crippen LogP contribution in [0.4, 0.5) is 0 Å². The lowest BCUT2D eigenvalue weighted by atomic mass is 9.54. The summed E-state index contributed by atoms with van der Waals surface area (Å²) in [7, 11) is 0. The zero-order valence-corrected chi connectivity index (χ0v) is 38.1. The van der Waals surface area contributed by atoms with E-state index in [0.717, 1.165) is 0 Å². The summed E-state index contributed by atoms with van der Waals surface area (Å²) in [6.07, 6.45) is 0.482. The molecule has 2 aromatic carbocycles. The van der Waals surface area contributed by atoms with Gasteiger partial charge in [-0.1, -0.05) is 107 Å². The van der Waals surface area contributed by atoms with Crippen LogP contribution >= 0.6 is 0 Å². The summed E-state index contributed by atoms with van der Waals surface area (Å²) < 4.78 is 27.4. The van der Waals surface area contributed by atoms with Gasteiger partial charge in [-0.2, -0.15) is 0 Å². The molecule has 2 heterocycles. The molecule has 2 aliphatic rings. The zero-order valence-electron chi connectivity index (χ0n) is 38.1. The average Bonchev–Trinajstić information content (AvgIpc) is 3.10. The van der Waals surface area contributed by atoms with Gasteiger partial charge in [0.05, 0.1) is 30.8 Å². The van der Waals surface area contributed by atoms with Gasteiger partial charge in [-0.3, -0.25) is 9.59 Å². The lowest BCUT2D eigenvalue weighted by Gasteiger charge is -2.62. The van der Waals surface area contributed by atoms with Gasteiger partial charge in [0.1, 0.15) is 11.5 Å². The van der Waals surface area contributed by atoms with Gasteiger partial charge in [0.2, 0.25) is 11.8 Å². The Balaban J connectivity index is 2.30. The maximum Gasteiger partial charge on any atom is 0.218 e. The molecule has 12 heteroatoms. The number of phenols is 2. The van der Waals surface area contributed by atoms with Crippen LogP contribution < -0.4 is 22.9 Å². The molecule has 2 amide bonds. The first-order valence-corrected chi connectivity index (χ1v) is 21.4. The first-order valence-electron chi connectivity index (χ1n) is 21.4. The Bertz CT molecular complexity index is 1610. The third-order valence-electron chi connectivity index (χ3n) is 12.2. The Morgan fingerprint density at radius 2 is 0.915 bits per heavy atom. The fraction of sp³-hybridized carbons (Fsp3) is 0.702. The number of hydrogen-bond donors (Lipinski definition) is 6. The van der Waals surface area contributed by atoms with Gasteiger partial charge >= 0.3 is 0 Å². The molecule has 0 saturated carbocycles. The SMILES string of the molecule is CC(C)(C)c1cc(C(CC(N)=O)C2(C(CC(N)=O)c3cc(C(C)(C)C)c(O)c(C(C)(C)C)c3)OC(CCCN)OCC23COC(CCCN)OC3)cc(C(C)(C)C)c1O. The molecule has 0 aliphatic carbocycles. The normalized spacial score (nSPS) is 24.2. The van der Waals surface area contributed by atoms with Gasteiger partial charge in [0, 0.05) is 24.7 Å². The van der Waals surface area contributed by atoms with E-state index in [4.69, 9.17) is 41.9 Å². The van der Waals surface area contributed by atoms with Crippen LogP contribution in [-0.4, -0.2) is 73.1 Å². The number of ether oxygens (including phenoxy) is 4. The van der Waals surface area contributed by atoms with Gasteiger partial charge in [-0.25, -0.2) is 0 Å². The van der Waals surface area contributed by atoms with Crippen LogP contribution in [0.3, 0.4) is 0 Å². The molecule has 2 fully saturated rings. The Morgan fingerprint density at radius 3 is 1.20 bits per heavy atom. The van der Waals surface area contributed by atoms with E-state index in [0.29, 0.717) is 72.2 Å². The number of nitrogens with two attached hydrogens (primary N) is 4. The van der Waals surface area contributed by atoms with Crippen molar-refractivity contribution in [2.24, 2.45) is 28.3 Å². The Hall–Kier alpha value is -3.26. The summed E-state index contributed by atoms with van der Waals surface area (Å²) in [6, 6.07) is 7.81. The average molecular weight is 825 g/mol. The van der Waals surface area contributed by atoms with E-state index in [1.807, 2.05) is 107 Å². The molecule has 10 N–H and O–H groups in total. The van der Waals surface area contributed by atoms with Crippen molar-refractivity contribution in [3.8, 4) is 11.5 Å². The molecule has 12 nitrogen and oxygen atoms in total. The number of phenolic OH excluding ortho intramolecular Hbond substituents is 2. The predicted octanol–water partition coefficient (Wildman–Crippen LogP) is 6.85. The fourth-order valence-electron chi connectivity index (χ4n) is 9.11. The zero-order chi connectivity index (χ0) is 44.5. The largest absolute Gasteiger partial charge is 0.507 e. The van der Waals surface area contributed by atoms with Crippen molar-refractivity contribution in [1.29, 1.82) is 0 Å². The number of hydrogen-bond acceptors (Lipinski definition) is 10. The van der Waals surface area contributed by atoms with Crippen molar-refractivity contribution in [2.75, 3.05) is 32.9 Å². The van der Waals surface area contributed by atoms with Crippen LogP contribution in [0, 0.1) is 5.41 Å². The maximum atomic E-state index is 13.8. The Labute approximate surface area is 353 Å². The lowest BCUT2D eigenvalue weighted by Crippen LogP contribution is -2.70. The molecule has 4 rings (SSSR count). The highest BCUT2D eigenvalue weighted by atomic mass is 16.7. The minimum Gasteiger partial charge on any atom is -0.507 e. The molecule has 0 aromatic heterocycles. The Morgan fingerprint density at radius 1 is 0.610 bits per heavy atom. The van der Waals surface area contributed by atoms with Crippen molar-refractivity contribution in [3.63, 3.8) is 0 Å². The number of benzene rings is 2. The van der Waals surface area contributed by atoms with Gasteiger partial charge in [-0.15, -0.1) is 0 Å². The van der Waals surface area contributed by atoms with Crippen LogP contribution in [0.1, 0.15) is 167 Å². The van der Waals surface area contributed by atoms with E-state index in [1.165, 1.54) is 0 Å². The third kappa shape index (κ3) is 10.4. The quantitative estimate of drug-likeness (QED) is 0.116. The van der Waals surface area contributed by atoms with Crippen LogP contribution in [0.5, 0.6) is 11.5 Å². The molecule has 2 aromatic rings. The van der Waals surface area contributed by atoms with Crippen LogP contribution in [-0.2, 0) is 50.2 Å². The van der Waals surface area contributed by atoms with Crippen LogP contribution in [0.2, 0.25) is 0 Å². The van der Waals surface area contributed by atoms with Gasteiger partial charge in [0.25, 0.3) is 0 Å². The molecular formula is C47H76N4O8. The third-order valence-corrected chi connectivity index (χ3v) is 12.2. The first kappa shape index (κ1) is 48.4. The van der Waals surface area contributed by atoms with E-state index < -0.39 is 68.9 Å². The monoisotopic (exact) mass is 825 g/mol. The van der Waals surface area contributed by atoms with Gasteiger partial charge in [-0.05, 0) is 93.8 Å². The van der Waals surface area contributed by atoms with Crippen molar-refractivity contribution < 1.29 is 38.7 Å². The van der Waals surface area contributed by atoms with E-state index in [1.54, 1.807) is 0 Å². The molecule has 0 radical (unpaired) electrons. The first-order chi connectivity index (χ1) is 27.1. The number of aromatic hydroxyl groups is 2. The predicted molar refractivity (Wildman–Crippen MR) is 232 cm³/mol. The van der Waals surface area contributed by atoms with Crippen LogP contribution in [0.15, 0.2) is 24.3 Å². The molecule has 0 bridgehead atoms. The van der Waals surface area contributed by atoms with Crippen molar-refractivity contribution in [2.45, 2.75) is 173 Å². The maximum absolute atomic E-state index is 13.8. The van der Waals surface area contributed by atoms with E-state index in [-0.39, 0.29) is 44.2 Å². The second-order valence-corrected chi connectivity index (χ2v) is 21.2. The number of primary amides is 2. The molecule has 2 saturated heterocycles. The van der Waals surface area contributed by atoms with Gasteiger partial charge in [0.15, 0.2) is 12.6 Å². The van der Waals surface area contributed by atoms with E-state index in [9.17, 15) is 19.8 Å². The minimum atomic E-state index is -1.55. The topological polar surface area (TPSA) is 216 Å². The smallest absolute Gasteiger partial charge is 0.218 e. The molecule has 59 heavy (non-hydrogen) atoms. The standard InChI is InChI=1S/C47H76N4O8/c1-42(2,3)32-19-28(20-33(40(32)54)43(4,5)6)30(23-36(50)52)47(46(27-58-39(59-47)16-14-18-49)25-56-38(57-26-46)15-13-17-48)31(24-37(51)53)29-21-34(44(7,8)9)41(55)35(22-29)45(10,11)12/h19-22,30-31,38-39,54-55H,13-18,23-27,48-49H2,1-12H3,(H2,50,52)(H2,51,53). The molecule has 3 unspecified atom stereocenters. The Kier molecular flexibility index (Phi) is 14.8. The summed E-state index contributed by atoms with van der Waals surface area (Å²) in [5, 5.41) is 23.9. The van der Waals surface area contributed by atoms with Crippen LogP contribution in [0.25, 0.3) is 0 Å². The van der Waals surface area contributed by atoms with E-state index >= 15 is 0 Å². The second-order valence-electron chi connectivity index (χ2n) is 21.2. The summed E-state index contributed by atoms with van der Waals surface area (Å²) in [6.45, 7) is 25.5. The summed E-state index contributed by atoms with van der Waals surface area (Å²) in [5.74, 6) is -2.56. The summed E-state index contributed by atoms with van der Waals surface area (Å²) in [4.78, 5) is 27.5. The molecule has 2 aliphatic heterocycles. The molecular weight excluding hydrogens is 749 g/mol. The summed E-state index contributed by atoms with van der Waals surface area (Å²) in [5.41, 5.74) is 23.9. The number of carbonyl (C=O) groups excluding carboxylic acids is 2. The second kappa shape index (κ2) is 18.0. The highest BCUT2D eigenvalue weighted by Crippen LogP contribution is 2.61. The van der Waals surface area contributed by atoms with Crippen molar-refractivity contribution >= 4 is 11.8 Å².